The van der Waals surface area contributed by atoms with Crippen LogP contribution in [0.4, 0.5) is 4.39 Å². The molecule has 0 spiro atoms. The second-order valence-electron chi connectivity index (χ2n) is 8.35. The maximum absolute atomic E-state index is 14.1. The predicted octanol–water partition coefficient (Wildman–Crippen LogP) is 3.52. The highest BCUT2D eigenvalue weighted by atomic mass is 35.5. The Balaban J connectivity index is 1.67. The molecule has 0 aliphatic carbocycles. The normalized spacial score (nSPS) is 16.7. The van der Waals surface area contributed by atoms with Crippen molar-refractivity contribution >= 4 is 27.5 Å². The third-order valence-electron chi connectivity index (χ3n) is 5.56. The van der Waals surface area contributed by atoms with E-state index in [0.717, 1.165) is 31.1 Å². The molecule has 0 unspecified atom stereocenters. The topological polar surface area (TPSA) is 69.7 Å². The Morgan fingerprint density at radius 2 is 1.75 bits per heavy atom. The number of nitrogens with zero attached hydrogens (tertiary/aromatic N) is 2. The molecule has 3 rings (SSSR count). The minimum atomic E-state index is -4.18. The molecule has 2 aromatic rings. The molecule has 0 radical (unpaired) electrons. The molecule has 1 aliphatic heterocycles. The van der Waals surface area contributed by atoms with Gasteiger partial charge in [0, 0.05) is 37.7 Å². The lowest BCUT2D eigenvalue weighted by atomic mass is 10.0. The van der Waals surface area contributed by atoms with Gasteiger partial charge in [-0.2, -0.15) is 4.72 Å². The summed E-state index contributed by atoms with van der Waals surface area (Å²) in [6, 6.07) is 11.9. The van der Waals surface area contributed by atoms with Crippen molar-refractivity contribution in [3.8, 4) is 0 Å². The van der Waals surface area contributed by atoms with Crippen molar-refractivity contribution in [1.29, 1.82) is 0 Å². The Morgan fingerprint density at radius 1 is 1.06 bits per heavy atom. The number of hydrogen-bond acceptors (Lipinski definition) is 4. The number of hydrogen-bond donors (Lipinski definition) is 1. The van der Waals surface area contributed by atoms with Gasteiger partial charge in [0.1, 0.15) is 16.8 Å². The van der Waals surface area contributed by atoms with Gasteiger partial charge in [0.15, 0.2) is 0 Å². The van der Waals surface area contributed by atoms with E-state index in [2.05, 4.69) is 9.62 Å². The summed E-state index contributed by atoms with van der Waals surface area (Å²) in [5.41, 5.74) is 1.15. The summed E-state index contributed by atoms with van der Waals surface area (Å²) in [5, 5.41) is 0.693. The molecule has 6 nitrogen and oxygen atoms in total. The standard InChI is InChI=1S/C23H29ClFN3O3S/c1-17(2)22(26-32(30,31)21-7-4-3-6-20(21)25)23(29)28-13-5-12-27(14-15-28)16-18-8-10-19(24)11-9-18/h3-4,6-11,17,22,26H,5,12-16H2,1-2H3/t22-/m0/s1. The smallest absolute Gasteiger partial charge is 0.244 e. The van der Waals surface area contributed by atoms with E-state index < -0.39 is 26.8 Å². The van der Waals surface area contributed by atoms with Gasteiger partial charge in [0.25, 0.3) is 0 Å². The lowest BCUT2D eigenvalue weighted by Gasteiger charge is -2.29. The highest BCUT2D eigenvalue weighted by Gasteiger charge is 2.33. The summed E-state index contributed by atoms with van der Waals surface area (Å²) in [6.07, 6.45) is 0.782. The number of halogens is 2. The molecular weight excluding hydrogens is 453 g/mol. The molecule has 1 atom stereocenters. The zero-order valence-electron chi connectivity index (χ0n) is 18.3. The van der Waals surface area contributed by atoms with Crippen LogP contribution in [0.1, 0.15) is 25.8 Å². The zero-order valence-corrected chi connectivity index (χ0v) is 19.9. The fraction of sp³-hybridized carbons (Fsp3) is 0.435. The number of amides is 1. The minimum absolute atomic E-state index is 0.284. The Labute approximate surface area is 194 Å². The second-order valence-corrected chi connectivity index (χ2v) is 10.5. The molecule has 1 N–H and O–H groups in total. The van der Waals surface area contributed by atoms with Crippen LogP contribution >= 0.6 is 11.6 Å². The summed E-state index contributed by atoms with van der Waals surface area (Å²) in [4.78, 5) is 16.8. The van der Waals surface area contributed by atoms with Gasteiger partial charge in [-0.15, -0.1) is 0 Å². The van der Waals surface area contributed by atoms with Crippen LogP contribution in [0, 0.1) is 11.7 Å². The van der Waals surface area contributed by atoms with Crippen LogP contribution in [0.25, 0.3) is 0 Å². The summed E-state index contributed by atoms with van der Waals surface area (Å²) in [7, 11) is -4.18. The van der Waals surface area contributed by atoms with Crippen LogP contribution in [0.3, 0.4) is 0 Å². The van der Waals surface area contributed by atoms with Gasteiger partial charge >= 0.3 is 0 Å². The minimum Gasteiger partial charge on any atom is -0.340 e. The van der Waals surface area contributed by atoms with E-state index in [4.69, 9.17) is 11.6 Å². The fourth-order valence-electron chi connectivity index (χ4n) is 3.76. The average Bonchev–Trinajstić information content (AvgIpc) is 2.99. The van der Waals surface area contributed by atoms with Crippen LogP contribution in [0.5, 0.6) is 0 Å². The lowest BCUT2D eigenvalue weighted by Crippen LogP contribution is -2.52. The number of carbonyl (C=O) groups excluding carboxylic acids is 1. The van der Waals surface area contributed by atoms with Gasteiger partial charge in [-0.3, -0.25) is 9.69 Å². The van der Waals surface area contributed by atoms with Crippen LogP contribution in [0.2, 0.25) is 5.02 Å². The van der Waals surface area contributed by atoms with Crippen molar-refractivity contribution in [2.24, 2.45) is 5.92 Å². The molecule has 9 heteroatoms. The van der Waals surface area contributed by atoms with Crippen LogP contribution in [-0.4, -0.2) is 56.3 Å². The number of carbonyl (C=O) groups is 1. The highest BCUT2D eigenvalue weighted by Crippen LogP contribution is 2.18. The van der Waals surface area contributed by atoms with Gasteiger partial charge in [0.05, 0.1) is 0 Å². The highest BCUT2D eigenvalue weighted by molar-refractivity contribution is 7.89. The number of sulfonamides is 1. The molecule has 1 aliphatic rings. The first-order chi connectivity index (χ1) is 15.2. The lowest BCUT2D eigenvalue weighted by molar-refractivity contribution is -0.133. The number of rotatable bonds is 7. The van der Waals surface area contributed by atoms with E-state index in [1.54, 1.807) is 18.7 Å². The Kier molecular flexibility index (Phi) is 8.27. The molecule has 1 amide bonds. The molecule has 1 heterocycles. The van der Waals surface area contributed by atoms with Crippen molar-refractivity contribution in [2.75, 3.05) is 26.2 Å². The van der Waals surface area contributed by atoms with Crippen molar-refractivity contribution in [3.05, 3.63) is 64.9 Å². The average molecular weight is 482 g/mol. The van der Waals surface area contributed by atoms with Crippen molar-refractivity contribution in [1.82, 2.24) is 14.5 Å². The first-order valence-electron chi connectivity index (χ1n) is 10.7. The first kappa shape index (κ1) is 24.6. The van der Waals surface area contributed by atoms with Gasteiger partial charge in [-0.25, -0.2) is 12.8 Å². The van der Waals surface area contributed by atoms with Gasteiger partial charge in [-0.1, -0.05) is 49.7 Å². The number of nitrogens with one attached hydrogen (secondary N) is 1. The van der Waals surface area contributed by atoms with E-state index in [1.165, 1.54) is 18.2 Å². The molecule has 2 aromatic carbocycles. The summed E-state index contributed by atoms with van der Waals surface area (Å²) < 4.78 is 42.0. The van der Waals surface area contributed by atoms with E-state index in [9.17, 15) is 17.6 Å². The molecule has 0 saturated carbocycles. The molecule has 1 saturated heterocycles. The van der Waals surface area contributed by atoms with E-state index >= 15 is 0 Å². The Bertz CT molecular complexity index is 1030. The van der Waals surface area contributed by atoms with Crippen LogP contribution in [0.15, 0.2) is 53.4 Å². The van der Waals surface area contributed by atoms with Crippen molar-refractivity contribution < 1.29 is 17.6 Å². The molecular formula is C23H29ClFN3O3S. The van der Waals surface area contributed by atoms with Gasteiger partial charge < -0.3 is 4.90 Å². The molecule has 174 valence electrons. The van der Waals surface area contributed by atoms with E-state index in [-0.39, 0.29) is 11.8 Å². The Hall–Kier alpha value is -2.00. The van der Waals surface area contributed by atoms with E-state index in [0.29, 0.717) is 24.7 Å². The van der Waals surface area contributed by atoms with Crippen LogP contribution < -0.4 is 4.72 Å². The van der Waals surface area contributed by atoms with Gasteiger partial charge in [0.2, 0.25) is 15.9 Å². The van der Waals surface area contributed by atoms with E-state index in [1.807, 2.05) is 24.3 Å². The summed E-state index contributed by atoms with van der Waals surface area (Å²) in [6.45, 7) is 6.86. The maximum atomic E-state index is 14.1. The number of benzene rings is 2. The molecule has 0 bridgehead atoms. The summed E-state index contributed by atoms with van der Waals surface area (Å²) in [5.74, 6) is -1.42. The molecule has 0 aromatic heterocycles. The largest absolute Gasteiger partial charge is 0.340 e. The second kappa shape index (κ2) is 10.7. The van der Waals surface area contributed by atoms with Crippen molar-refractivity contribution in [3.63, 3.8) is 0 Å². The van der Waals surface area contributed by atoms with Gasteiger partial charge in [-0.05, 0) is 42.2 Å². The zero-order chi connectivity index (χ0) is 23.3. The quantitative estimate of drug-likeness (QED) is 0.657. The first-order valence-corrected chi connectivity index (χ1v) is 12.6. The third-order valence-corrected chi connectivity index (χ3v) is 7.29. The monoisotopic (exact) mass is 481 g/mol. The van der Waals surface area contributed by atoms with Crippen LogP contribution in [-0.2, 0) is 21.4 Å². The maximum Gasteiger partial charge on any atom is 0.244 e. The van der Waals surface area contributed by atoms with Crippen molar-refractivity contribution in [2.45, 2.75) is 37.8 Å². The fourth-order valence-corrected chi connectivity index (χ4v) is 5.30. The Morgan fingerprint density at radius 3 is 2.41 bits per heavy atom. The summed E-state index contributed by atoms with van der Waals surface area (Å²) >= 11 is 5.96. The third kappa shape index (κ3) is 6.28. The predicted molar refractivity (Wildman–Crippen MR) is 123 cm³/mol. The SMILES string of the molecule is CC(C)[C@H](NS(=O)(=O)c1ccccc1F)C(=O)N1CCCN(Cc2ccc(Cl)cc2)CC1. The molecule has 32 heavy (non-hydrogen) atoms. The molecule has 1 fully saturated rings.